The van der Waals surface area contributed by atoms with E-state index in [0.717, 1.165) is 0 Å². The molecule has 0 aliphatic carbocycles. The van der Waals surface area contributed by atoms with Crippen LogP contribution in [0.3, 0.4) is 0 Å². The van der Waals surface area contributed by atoms with Crippen molar-refractivity contribution >= 4 is 12.1 Å². The van der Waals surface area contributed by atoms with Crippen LogP contribution >= 0.6 is 0 Å². The number of likely N-dealkylation sites (N-methyl/N-ethyl adjacent to an activating group) is 1. The number of hydrogen-bond acceptors (Lipinski definition) is 7. The van der Waals surface area contributed by atoms with Gasteiger partial charge in [-0.2, -0.15) is 0 Å². The van der Waals surface area contributed by atoms with Gasteiger partial charge in [-0.15, -0.1) is 0 Å². The number of carbonyl (C=O) groups is 2. The number of aliphatic hydroxyl groups excluding tert-OH is 1. The lowest BCUT2D eigenvalue weighted by Crippen LogP contribution is -2.36. The minimum Gasteiger partial charge on any atom is -0.496 e. The fraction of sp³-hybridized carbons (Fsp3) is 0.391. The molecule has 0 bridgehead atoms. The molecule has 0 aliphatic heterocycles. The number of rotatable bonds is 7. The second kappa shape index (κ2) is 10.2. The van der Waals surface area contributed by atoms with Crippen LogP contribution in [-0.2, 0) is 4.74 Å². The molecule has 1 unspecified atom stereocenters. The van der Waals surface area contributed by atoms with Crippen LogP contribution in [0.5, 0.6) is 17.2 Å². The van der Waals surface area contributed by atoms with Crippen LogP contribution in [0, 0.1) is 0 Å². The van der Waals surface area contributed by atoms with E-state index in [1.807, 2.05) is 0 Å². The summed E-state index contributed by atoms with van der Waals surface area (Å²) in [6, 6.07) is 11.3. The average Bonchev–Trinajstić information content (AvgIpc) is 2.72. The maximum absolute atomic E-state index is 12.6. The minimum absolute atomic E-state index is 0.0481. The minimum atomic E-state index is -0.934. The highest BCUT2D eigenvalue weighted by molar-refractivity contribution is 5.97. The fourth-order valence-electron chi connectivity index (χ4n) is 2.75. The molecule has 2 aromatic carbocycles. The van der Waals surface area contributed by atoms with E-state index in [1.165, 1.54) is 19.1 Å². The van der Waals surface area contributed by atoms with Gasteiger partial charge in [0.05, 0.1) is 26.9 Å². The van der Waals surface area contributed by atoms with E-state index < -0.39 is 23.8 Å². The van der Waals surface area contributed by atoms with Crippen molar-refractivity contribution in [3.63, 3.8) is 0 Å². The summed E-state index contributed by atoms with van der Waals surface area (Å²) in [6.45, 7) is 5.37. The van der Waals surface area contributed by atoms with Crippen LogP contribution in [0.25, 0.3) is 0 Å². The zero-order valence-corrected chi connectivity index (χ0v) is 18.7. The number of aliphatic hydroxyl groups is 1. The maximum Gasteiger partial charge on any atom is 0.410 e. The summed E-state index contributed by atoms with van der Waals surface area (Å²) in [6.07, 6.45) is -1.46. The van der Waals surface area contributed by atoms with Gasteiger partial charge in [0.1, 0.15) is 28.4 Å². The van der Waals surface area contributed by atoms with Gasteiger partial charge >= 0.3 is 12.1 Å². The van der Waals surface area contributed by atoms with Gasteiger partial charge in [-0.05, 0) is 50.6 Å². The normalized spacial score (nSPS) is 12.0. The monoisotopic (exact) mass is 431 g/mol. The van der Waals surface area contributed by atoms with Gasteiger partial charge < -0.3 is 29.0 Å². The maximum atomic E-state index is 12.6. The van der Waals surface area contributed by atoms with Crippen molar-refractivity contribution in [1.82, 2.24) is 4.90 Å². The Bertz CT molecular complexity index is 881. The number of esters is 1. The van der Waals surface area contributed by atoms with E-state index in [-0.39, 0.29) is 17.9 Å². The van der Waals surface area contributed by atoms with Gasteiger partial charge in [-0.1, -0.05) is 18.2 Å². The van der Waals surface area contributed by atoms with Crippen LogP contribution in [-0.4, -0.2) is 55.5 Å². The molecule has 1 amide bonds. The molecule has 31 heavy (non-hydrogen) atoms. The molecule has 0 aliphatic rings. The Morgan fingerprint density at radius 1 is 1.00 bits per heavy atom. The molecule has 0 radical (unpaired) electrons. The Labute approximate surface area is 182 Å². The number of benzene rings is 2. The molecule has 8 heteroatoms. The van der Waals surface area contributed by atoms with Crippen molar-refractivity contribution in [2.75, 3.05) is 27.8 Å². The quantitative estimate of drug-likeness (QED) is 0.526. The molecule has 1 atom stereocenters. The third-order valence-electron chi connectivity index (χ3n) is 4.26. The van der Waals surface area contributed by atoms with Gasteiger partial charge in [0.15, 0.2) is 0 Å². The van der Waals surface area contributed by atoms with Crippen LogP contribution in [0.15, 0.2) is 42.5 Å². The zero-order chi connectivity index (χ0) is 23.2. The van der Waals surface area contributed by atoms with E-state index in [2.05, 4.69) is 0 Å². The molecule has 0 fully saturated rings. The summed E-state index contributed by atoms with van der Waals surface area (Å²) in [7, 11) is 4.46. The molecule has 0 aromatic heterocycles. The summed E-state index contributed by atoms with van der Waals surface area (Å²) in [5.41, 5.74) is 0.118. The van der Waals surface area contributed by atoms with Gasteiger partial charge in [-0.3, -0.25) is 0 Å². The number of methoxy groups -OCH3 is 2. The van der Waals surface area contributed by atoms with E-state index in [1.54, 1.807) is 70.3 Å². The standard InChI is InChI=1S/C23H29NO7/c1-23(2,3)31-22(27)24(4)14-17(25)15-10-12-16(13-11-15)30-21(26)20-18(28-5)8-7-9-19(20)29-6/h7-13,17,25H,14H2,1-6H3. The van der Waals surface area contributed by atoms with Gasteiger partial charge in [0.2, 0.25) is 0 Å². The molecule has 8 nitrogen and oxygen atoms in total. The number of hydrogen-bond donors (Lipinski definition) is 1. The van der Waals surface area contributed by atoms with Crippen molar-refractivity contribution in [1.29, 1.82) is 0 Å². The molecule has 2 aromatic rings. The Morgan fingerprint density at radius 3 is 2.03 bits per heavy atom. The molecule has 2 rings (SSSR count). The van der Waals surface area contributed by atoms with E-state index >= 15 is 0 Å². The van der Waals surface area contributed by atoms with E-state index in [4.69, 9.17) is 18.9 Å². The third-order valence-corrected chi connectivity index (χ3v) is 4.26. The van der Waals surface area contributed by atoms with Gasteiger partial charge in [0.25, 0.3) is 0 Å². The smallest absolute Gasteiger partial charge is 0.410 e. The fourth-order valence-corrected chi connectivity index (χ4v) is 2.75. The summed E-state index contributed by atoms with van der Waals surface area (Å²) in [4.78, 5) is 26.0. The summed E-state index contributed by atoms with van der Waals surface area (Å²) in [5, 5.41) is 10.4. The zero-order valence-electron chi connectivity index (χ0n) is 18.7. The first-order valence-electron chi connectivity index (χ1n) is 9.71. The lowest BCUT2D eigenvalue weighted by atomic mass is 10.1. The Morgan fingerprint density at radius 2 is 1.55 bits per heavy atom. The number of nitrogens with zero attached hydrogens (tertiary/aromatic N) is 1. The lowest BCUT2D eigenvalue weighted by molar-refractivity contribution is 0.0205. The highest BCUT2D eigenvalue weighted by Crippen LogP contribution is 2.30. The first-order valence-corrected chi connectivity index (χ1v) is 9.71. The topological polar surface area (TPSA) is 94.5 Å². The molecule has 0 heterocycles. The molecular weight excluding hydrogens is 402 g/mol. The summed E-state index contributed by atoms with van der Waals surface area (Å²) < 4.78 is 21.2. The summed E-state index contributed by atoms with van der Waals surface area (Å²) in [5.74, 6) is 0.324. The van der Waals surface area contributed by atoms with Gasteiger partial charge in [-0.25, -0.2) is 9.59 Å². The molecular formula is C23H29NO7. The first kappa shape index (κ1) is 24.0. The Balaban J connectivity index is 2.05. The van der Waals surface area contributed by atoms with E-state index in [0.29, 0.717) is 17.1 Å². The Hall–Kier alpha value is -3.26. The first-order chi connectivity index (χ1) is 14.6. The van der Waals surface area contributed by atoms with Crippen LogP contribution in [0.4, 0.5) is 4.79 Å². The highest BCUT2D eigenvalue weighted by atomic mass is 16.6. The predicted molar refractivity (Wildman–Crippen MR) is 115 cm³/mol. The molecule has 1 N–H and O–H groups in total. The molecule has 0 saturated heterocycles. The number of carbonyl (C=O) groups excluding carboxylic acids is 2. The molecule has 0 saturated carbocycles. The highest BCUT2D eigenvalue weighted by Gasteiger charge is 2.23. The second-order valence-electron chi connectivity index (χ2n) is 7.87. The molecule has 0 spiro atoms. The SMILES string of the molecule is COc1cccc(OC)c1C(=O)Oc1ccc(C(O)CN(C)C(=O)OC(C)(C)C)cc1. The lowest BCUT2D eigenvalue weighted by Gasteiger charge is -2.26. The van der Waals surface area contributed by atoms with E-state index in [9.17, 15) is 14.7 Å². The van der Waals surface area contributed by atoms with Gasteiger partial charge in [0, 0.05) is 7.05 Å². The van der Waals surface area contributed by atoms with Crippen molar-refractivity contribution in [2.45, 2.75) is 32.5 Å². The Kier molecular flexibility index (Phi) is 7.88. The number of amides is 1. The molecule has 168 valence electrons. The van der Waals surface area contributed by atoms with Crippen molar-refractivity contribution < 1.29 is 33.6 Å². The summed E-state index contributed by atoms with van der Waals surface area (Å²) >= 11 is 0. The predicted octanol–water partition coefficient (Wildman–Crippen LogP) is 3.82. The van der Waals surface area contributed by atoms with Crippen LogP contribution in [0.1, 0.15) is 42.8 Å². The average molecular weight is 431 g/mol. The van der Waals surface area contributed by atoms with Crippen molar-refractivity contribution in [3.05, 3.63) is 53.6 Å². The van der Waals surface area contributed by atoms with Crippen molar-refractivity contribution in [3.8, 4) is 17.2 Å². The third kappa shape index (κ3) is 6.62. The second-order valence-corrected chi connectivity index (χ2v) is 7.87. The largest absolute Gasteiger partial charge is 0.496 e. The van der Waals surface area contributed by atoms with Crippen LogP contribution in [0.2, 0.25) is 0 Å². The number of ether oxygens (including phenoxy) is 4. The van der Waals surface area contributed by atoms with Crippen LogP contribution < -0.4 is 14.2 Å². The van der Waals surface area contributed by atoms with Crippen molar-refractivity contribution in [2.24, 2.45) is 0 Å².